The number of rotatable bonds is 21. The number of hydrogen-bond donors (Lipinski definition) is 2. The number of carbonyl (C=O) groups is 8. The third kappa shape index (κ3) is 20.7. The number of Topliss-reactive ketones (excluding diaryl/α,β-unsaturated/α-hetero) is 3. The van der Waals surface area contributed by atoms with Gasteiger partial charge in [-0.1, -0.05) is 13.8 Å². The molecule has 1 aliphatic heterocycles. The summed E-state index contributed by atoms with van der Waals surface area (Å²) in [6.07, 6.45) is 0.772. The standard InChI is InChI=1S/C41H69N3O11/c1-25(2)29(38(52)43-31(24-36(50)55-41(10,11)12)32(46)18-16-28-15-14-20-44(28)13)23-33(47)30(17-19-34(48)53-39(4,5)6)42-37(51)27(21-26(3)45)22-35(49)54-40(7,8)9/h25,27-31H,14-24H2,1-13H3,(H,42,51)(H,43,52)/t27-,28-,29-,30-,31-/m0/s1. The number of hydrogen-bond acceptors (Lipinski definition) is 12. The zero-order valence-corrected chi connectivity index (χ0v) is 35.7. The molecule has 0 radical (unpaired) electrons. The van der Waals surface area contributed by atoms with Crippen LogP contribution in [-0.2, 0) is 52.6 Å². The van der Waals surface area contributed by atoms with Crippen molar-refractivity contribution in [2.75, 3.05) is 13.6 Å². The van der Waals surface area contributed by atoms with Crippen molar-refractivity contribution in [3.05, 3.63) is 0 Å². The summed E-state index contributed by atoms with van der Waals surface area (Å²) in [5.41, 5.74) is -2.46. The lowest BCUT2D eigenvalue weighted by Gasteiger charge is -2.27. The van der Waals surface area contributed by atoms with Crippen LogP contribution in [0.1, 0.15) is 147 Å². The van der Waals surface area contributed by atoms with Gasteiger partial charge in [-0.15, -0.1) is 0 Å². The van der Waals surface area contributed by atoms with Crippen molar-refractivity contribution < 1.29 is 52.6 Å². The molecule has 0 aromatic heterocycles. The molecular formula is C41H69N3O11. The lowest BCUT2D eigenvalue weighted by Crippen LogP contribution is -2.49. The third-order valence-electron chi connectivity index (χ3n) is 8.95. The Kier molecular flexibility index (Phi) is 19.4. The maximum atomic E-state index is 14.0. The van der Waals surface area contributed by atoms with Crippen molar-refractivity contribution in [2.45, 2.75) is 182 Å². The summed E-state index contributed by atoms with van der Waals surface area (Å²) in [5.74, 6) is -7.18. The Bertz CT molecular complexity index is 1370. The van der Waals surface area contributed by atoms with E-state index in [-0.39, 0.29) is 56.1 Å². The number of carbonyl (C=O) groups excluding carboxylic acids is 8. The number of likely N-dealkylation sites (tertiary alicyclic amines) is 1. The van der Waals surface area contributed by atoms with Gasteiger partial charge in [0.15, 0.2) is 11.6 Å². The fraction of sp³-hybridized carbons (Fsp3) is 0.805. The lowest BCUT2D eigenvalue weighted by molar-refractivity contribution is -0.158. The minimum absolute atomic E-state index is 0.136. The van der Waals surface area contributed by atoms with E-state index in [9.17, 15) is 38.4 Å². The van der Waals surface area contributed by atoms with Gasteiger partial charge in [0.2, 0.25) is 11.8 Å². The van der Waals surface area contributed by atoms with Crippen molar-refractivity contribution in [1.29, 1.82) is 0 Å². The van der Waals surface area contributed by atoms with Crippen molar-refractivity contribution in [2.24, 2.45) is 17.8 Å². The van der Waals surface area contributed by atoms with E-state index in [4.69, 9.17) is 14.2 Å². The molecular weight excluding hydrogens is 710 g/mol. The second-order valence-corrected chi connectivity index (χ2v) is 18.2. The van der Waals surface area contributed by atoms with E-state index >= 15 is 0 Å². The fourth-order valence-electron chi connectivity index (χ4n) is 6.34. The van der Waals surface area contributed by atoms with Gasteiger partial charge in [-0.2, -0.15) is 0 Å². The third-order valence-corrected chi connectivity index (χ3v) is 8.95. The number of nitrogens with one attached hydrogen (secondary N) is 2. The van der Waals surface area contributed by atoms with Gasteiger partial charge >= 0.3 is 17.9 Å². The molecule has 55 heavy (non-hydrogen) atoms. The Morgan fingerprint density at radius 1 is 0.655 bits per heavy atom. The lowest BCUT2D eigenvalue weighted by atomic mass is 9.86. The molecule has 0 unspecified atom stereocenters. The smallest absolute Gasteiger partial charge is 0.308 e. The van der Waals surface area contributed by atoms with Gasteiger partial charge in [0.25, 0.3) is 0 Å². The first kappa shape index (κ1) is 49.3. The summed E-state index contributed by atoms with van der Waals surface area (Å²) in [6, 6.07) is -2.26. The summed E-state index contributed by atoms with van der Waals surface area (Å²) in [7, 11) is 2.00. The summed E-state index contributed by atoms with van der Waals surface area (Å²) in [4.78, 5) is 108. The average Bonchev–Trinajstić information content (AvgIpc) is 3.40. The predicted molar refractivity (Wildman–Crippen MR) is 206 cm³/mol. The highest BCUT2D eigenvalue weighted by molar-refractivity contribution is 5.97. The number of nitrogens with zero attached hydrogens (tertiary/aromatic N) is 1. The molecule has 1 saturated heterocycles. The first-order chi connectivity index (χ1) is 25.1. The molecule has 0 bridgehead atoms. The van der Waals surface area contributed by atoms with E-state index in [0.29, 0.717) is 6.42 Å². The SMILES string of the molecule is CC(=O)C[C@@H](CC(=O)OC(C)(C)C)C(=O)N[C@@H](CCC(=O)OC(C)(C)C)C(=O)C[C@H](C(=O)N[C@@H](CC(=O)OC(C)(C)C)C(=O)CC[C@@H]1CCCN1C)C(C)C. The second kappa shape index (κ2) is 21.6. The summed E-state index contributed by atoms with van der Waals surface area (Å²) in [6.45, 7) is 20.9. The van der Waals surface area contributed by atoms with Crippen LogP contribution < -0.4 is 10.6 Å². The molecule has 0 spiro atoms. The number of amides is 2. The Hall–Kier alpha value is -3.68. The van der Waals surface area contributed by atoms with E-state index in [1.54, 1.807) is 76.2 Å². The van der Waals surface area contributed by atoms with Crippen molar-refractivity contribution in [3.8, 4) is 0 Å². The van der Waals surface area contributed by atoms with Gasteiger partial charge in [0.05, 0.1) is 30.8 Å². The fourth-order valence-corrected chi connectivity index (χ4v) is 6.34. The van der Waals surface area contributed by atoms with Crippen LogP contribution in [-0.4, -0.2) is 100 Å². The molecule has 0 aliphatic carbocycles. The van der Waals surface area contributed by atoms with Crippen LogP contribution in [0.5, 0.6) is 0 Å². The normalized spacial score (nSPS) is 17.4. The van der Waals surface area contributed by atoms with Gasteiger partial charge in [-0.25, -0.2) is 0 Å². The largest absolute Gasteiger partial charge is 0.460 e. The highest BCUT2D eigenvalue weighted by Gasteiger charge is 2.36. The van der Waals surface area contributed by atoms with Crippen molar-refractivity contribution in [1.82, 2.24) is 15.5 Å². The van der Waals surface area contributed by atoms with Crippen LogP contribution in [0.4, 0.5) is 0 Å². The summed E-state index contributed by atoms with van der Waals surface area (Å²) >= 11 is 0. The molecule has 5 atom stereocenters. The van der Waals surface area contributed by atoms with E-state index in [1.165, 1.54) is 6.92 Å². The Morgan fingerprint density at radius 2 is 1.16 bits per heavy atom. The molecule has 2 amide bonds. The zero-order valence-electron chi connectivity index (χ0n) is 35.7. The molecule has 1 heterocycles. The molecule has 0 aromatic rings. The molecule has 2 N–H and O–H groups in total. The molecule has 0 saturated carbocycles. The van der Waals surface area contributed by atoms with Crippen LogP contribution in [0.2, 0.25) is 0 Å². The van der Waals surface area contributed by atoms with Gasteiger partial charge < -0.3 is 34.5 Å². The molecule has 14 heteroatoms. The predicted octanol–water partition coefficient (Wildman–Crippen LogP) is 4.81. The maximum Gasteiger partial charge on any atom is 0.308 e. The van der Waals surface area contributed by atoms with Crippen LogP contribution in [0, 0.1) is 17.8 Å². The first-order valence-corrected chi connectivity index (χ1v) is 19.6. The van der Waals surface area contributed by atoms with Gasteiger partial charge in [0, 0.05) is 37.6 Å². The molecule has 1 fully saturated rings. The molecule has 14 nitrogen and oxygen atoms in total. The second-order valence-electron chi connectivity index (χ2n) is 18.2. The van der Waals surface area contributed by atoms with Gasteiger partial charge in [-0.3, -0.25) is 33.6 Å². The van der Waals surface area contributed by atoms with Crippen LogP contribution >= 0.6 is 0 Å². The van der Waals surface area contributed by atoms with Crippen molar-refractivity contribution >= 4 is 47.1 Å². The van der Waals surface area contributed by atoms with E-state index in [2.05, 4.69) is 15.5 Å². The molecule has 1 rings (SSSR count). The van der Waals surface area contributed by atoms with Crippen molar-refractivity contribution in [3.63, 3.8) is 0 Å². The number of ether oxygens (including phenoxy) is 3. The molecule has 0 aromatic carbocycles. The molecule has 1 aliphatic rings. The Labute approximate surface area is 328 Å². The van der Waals surface area contributed by atoms with E-state index in [0.717, 1.165) is 19.4 Å². The van der Waals surface area contributed by atoms with Crippen LogP contribution in [0.3, 0.4) is 0 Å². The van der Waals surface area contributed by atoms with E-state index in [1.807, 2.05) is 7.05 Å². The minimum atomic E-state index is -1.29. The zero-order chi connectivity index (χ0) is 42.5. The number of esters is 3. The topological polar surface area (TPSA) is 192 Å². The van der Waals surface area contributed by atoms with Crippen LogP contribution in [0.15, 0.2) is 0 Å². The Balaban J connectivity index is 3.35. The molecule has 314 valence electrons. The average molecular weight is 780 g/mol. The monoisotopic (exact) mass is 779 g/mol. The quantitative estimate of drug-likeness (QED) is 0.120. The number of ketones is 3. The van der Waals surface area contributed by atoms with E-state index < -0.39 is 88.6 Å². The first-order valence-electron chi connectivity index (χ1n) is 19.6. The maximum absolute atomic E-state index is 14.0. The highest BCUT2D eigenvalue weighted by Crippen LogP contribution is 2.23. The Morgan fingerprint density at radius 3 is 1.64 bits per heavy atom. The summed E-state index contributed by atoms with van der Waals surface area (Å²) < 4.78 is 16.2. The minimum Gasteiger partial charge on any atom is -0.460 e. The highest BCUT2D eigenvalue weighted by atomic mass is 16.6. The van der Waals surface area contributed by atoms with Crippen LogP contribution in [0.25, 0.3) is 0 Å². The van der Waals surface area contributed by atoms with Gasteiger partial charge in [0.1, 0.15) is 22.6 Å². The van der Waals surface area contributed by atoms with Gasteiger partial charge in [-0.05, 0) is 114 Å². The summed E-state index contributed by atoms with van der Waals surface area (Å²) in [5, 5.41) is 5.38.